The molecule has 1 saturated heterocycles. The van der Waals surface area contributed by atoms with Crippen LogP contribution in [0, 0.1) is 6.92 Å². The fraction of sp³-hybridized carbons (Fsp3) is 0.556. The molecule has 2 aromatic carbocycles. The first-order chi connectivity index (χ1) is 15.5. The molecular weight excluding hydrogens is 404 g/mol. The average Bonchev–Trinajstić information content (AvgIpc) is 2.81. The molecule has 0 amide bonds. The number of hydrogen-bond donors (Lipinski definition) is 2. The maximum absolute atomic E-state index is 10.2. The minimum Gasteiger partial charge on any atom is -0.490 e. The molecule has 0 spiro atoms. The average molecular weight is 441 g/mol. The number of rotatable bonds is 7. The normalized spacial score (nSPS) is 28.4. The van der Waals surface area contributed by atoms with Gasteiger partial charge in [0.25, 0.3) is 0 Å². The number of methoxy groups -OCH3 is 1. The van der Waals surface area contributed by atoms with Crippen molar-refractivity contribution in [2.45, 2.75) is 82.4 Å². The lowest BCUT2D eigenvalue weighted by molar-refractivity contribution is -0.113. The number of aliphatic hydroxyl groups excluding tert-OH is 2. The second-order valence-corrected chi connectivity index (χ2v) is 9.31. The third kappa shape index (κ3) is 5.90. The van der Waals surface area contributed by atoms with Crippen LogP contribution in [0.2, 0.25) is 0 Å². The molecule has 174 valence electrons. The van der Waals surface area contributed by atoms with Crippen molar-refractivity contribution in [1.82, 2.24) is 0 Å². The third-order valence-corrected chi connectivity index (χ3v) is 6.90. The fourth-order valence-corrected chi connectivity index (χ4v) is 4.89. The summed E-state index contributed by atoms with van der Waals surface area (Å²) in [6.45, 7) is 2.06. The smallest absolute Gasteiger partial charge is 0.119 e. The highest BCUT2D eigenvalue weighted by molar-refractivity contribution is 5.38. The van der Waals surface area contributed by atoms with Gasteiger partial charge in [-0.25, -0.2) is 0 Å². The topological polar surface area (TPSA) is 68.2 Å². The van der Waals surface area contributed by atoms with Crippen LogP contribution in [0.3, 0.4) is 0 Å². The van der Waals surface area contributed by atoms with Gasteiger partial charge in [0.05, 0.1) is 37.1 Å². The maximum atomic E-state index is 10.2. The zero-order valence-electron chi connectivity index (χ0n) is 19.2. The predicted molar refractivity (Wildman–Crippen MR) is 124 cm³/mol. The Bertz CT molecular complexity index is 857. The lowest BCUT2D eigenvalue weighted by Crippen LogP contribution is -2.33. The molecule has 1 heterocycles. The molecule has 5 nitrogen and oxygen atoms in total. The molecule has 2 N–H and O–H groups in total. The molecule has 32 heavy (non-hydrogen) atoms. The molecular formula is C27H36O5. The van der Waals surface area contributed by atoms with Crippen LogP contribution >= 0.6 is 0 Å². The Balaban J connectivity index is 1.39. The van der Waals surface area contributed by atoms with E-state index in [1.165, 1.54) is 16.7 Å². The Morgan fingerprint density at radius 1 is 0.969 bits per heavy atom. The van der Waals surface area contributed by atoms with Gasteiger partial charge < -0.3 is 24.4 Å². The van der Waals surface area contributed by atoms with Gasteiger partial charge in [0.15, 0.2) is 0 Å². The lowest BCUT2D eigenvalue weighted by atomic mass is 9.92. The third-order valence-electron chi connectivity index (χ3n) is 6.90. The molecule has 2 fully saturated rings. The van der Waals surface area contributed by atoms with Crippen molar-refractivity contribution >= 4 is 0 Å². The van der Waals surface area contributed by atoms with Crippen LogP contribution in [0.25, 0.3) is 0 Å². The zero-order chi connectivity index (χ0) is 22.5. The molecule has 0 aromatic heterocycles. The van der Waals surface area contributed by atoms with Crippen LogP contribution in [0.15, 0.2) is 42.5 Å². The van der Waals surface area contributed by atoms with Gasteiger partial charge in [-0.15, -0.1) is 0 Å². The zero-order valence-corrected chi connectivity index (χ0v) is 19.2. The van der Waals surface area contributed by atoms with Gasteiger partial charge in [-0.3, -0.25) is 0 Å². The van der Waals surface area contributed by atoms with E-state index in [1.54, 1.807) is 7.11 Å². The highest BCUT2D eigenvalue weighted by Gasteiger charge is 2.29. The van der Waals surface area contributed by atoms with Gasteiger partial charge in [-0.05, 0) is 73.4 Å². The van der Waals surface area contributed by atoms with Crippen LogP contribution < -0.4 is 4.74 Å². The summed E-state index contributed by atoms with van der Waals surface area (Å²) in [6, 6.07) is 14.8. The molecule has 2 aliphatic rings. The summed E-state index contributed by atoms with van der Waals surface area (Å²) >= 11 is 0. The van der Waals surface area contributed by atoms with Crippen LogP contribution in [-0.4, -0.2) is 48.3 Å². The Morgan fingerprint density at radius 3 is 2.38 bits per heavy atom. The van der Waals surface area contributed by atoms with E-state index in [1.807, 2.05) is 0 Å². The maximum Gasteiger partial charge on any atom is 0.119 e. The Morgan fingerprint density at radius 2 is 1.69 bits per heavy atom. The quantitative estimate of drug-likeness (QED) is 0.664. The van der Waals surface area contributed by atoms with Gasteiger partial charge in [0.2, 0.25) is 0 Å². The van der Waals surface area contributed by atoms with Gasteiger partial charge >= 0.3 is 0 Å². The molecule has 1 saturated carbocycles. The van der Waals surface area contributed by atoms with Gasteiger partial charge in [-0.2, -0.15) is 0 Å². The Hall–Kier alpha value is -1.92. The fourth-order valence-electron chi connectivity index (χ4n) is 4.89. The van der Waals surface area contributed by atoms with E-state index < -0.39 is 6.10 Å². The summed E-state index contributed by atoms with van der Waals surface area (Å²) in [4.78, 5) is 0. The number of ether oxygens (including phenoxy) is 3. The molecule has 3 atom stereocenters. The van der Waals surface area contributed by atoms with E-state index >= 15 is 0 Å². The molecule has 2 aromatic rings. The highest BCUT2D eigenvalue weighted by atomic mass is 16.5. The largest absolute Gasteiger partial charge is 0.490 e. The molecule has 4 rings (SSSR count). The second-order valence-electron chi connectivity index (χ2n) is 9.31. The standard InChI is InChI=1S/C27H36O5/c1-18-3-6-20(27-16-22(29)15-26(17-28)32-27)14-21(18)13-19-4-7-24(8-5-19)31-25-11-9-23(30-2)10-12-25/h3-8,14,22-23,25-29H,9-13,15-17H2,1-2H3. The van der Waals surface area contributed by atoms with Crippen molar-refractivity contribution in [1.29, 1.82) is 0 Å². The van der Waals surface area contributed by atoms with E-state index in [0.29, 0.717) is 18.9 Å². The highest BCUT2D eigenvalue weighted by Crippen LogP contribution is 2.33. The van der Waals surface area contributed by atoms with Crippen molar-refractivity contribution in [3.8, 4) is 5.75 Å². The van der Waals surface area contributed by atoms with Crippen molar-refractivity contribution < 1.29 is 24.4 Å². The lowest BCUT2D eigenvalue weighted by Gasteiger charge is -2.32. The van der Waals surface area contributed by atoms with E-state index in [2.05, 4.69) is 49.4 Å². The molecule has 0 radical (unpaired) electrons. The Kier molecular flexibility index (Phi) is 7.84. The molecule has 3 unspecified atom stereocenters. The predicted octanol–water partition coefficient (Wildman–Crippen LogP) is 4.50. The first kappa shape index (κ1) is 23.2. The van der Waals surface area contributed by atoms with Gasteiger partial charge in [0, 0.05) is 20.0 Å². The first-order valence-electron chi connectivity index (χ1n) is 11.9. The number of aryl methyl sites for hydroxylation is 1. The molecule has 5 heteroatoms. The van der Waals surface area contributed by atoms with Crippen LogP contribution in [-0.2, 0) is 15.9 Å². The summed E-state index contributed by atoms with van der Waals surface area (Å²) in [5, 5.41) is 19.6. The van der Waals surface area contributed by atoms with E-state index in [-0.39, 0.29) is 24.9 Å². The molecule has 0 bridgehead atoms. The van der Waals surface area contributed by atoms with Crippen molar-refractivity contribution in [3.63, 3.8) is 0 Å². The summed E-state index contributed by atoms with van der Waals surface area (Å²) in [7, 11) is 1.79. The van der Waals surface area contributed by atoms with Gasteiger partial charge in [-0.1, -0.05) is 30.3 Å². The first-order valence-corrected chi connectivity index (χ1v) is 11.9. The van der Waals surface area contributed by atoms with Crippen molar-refractivity contribution in [2.24, 2.45) is 0 Å². The van der Waals surface area contributed by atoms with Gasteiger partial charge in [0.1, 0.15) is 5.75 Å². The summed E-state index contributed by atoms with van der Waals surface area (Å²) in [6.07, 6.45) is 5.85. The van der Waals surface area contributed by atoms with Crippen LogP contribution in [0.5, 0.6) is 5.75 Å². The van der Waals surface area contributed by atoms with Crippen molar-refractivity contribution in [3.05, 3.63) is 64.7 Å². The van der Waals surface area contributed by atoms with Crippen molar-refractivity contribution in [2.75, 3.05) is 13.7 Å². The number of hydrogen-bond acceptors (Lipinski definition) is 5. The SMILES string of the molecule is COC1CCC(Oc2ccc(Cc3cc(C4CC(O)CC(CO)O4)ccc3C)cc2)CC1. The second kappa shape index (κ2) is 10.8. The summed E-state index contributed by atoms with van der Waals surface area (Å²) in [5.41, 5.74) is 4.78. The summed E-state index contributed by atoms with van der Waals surface area (Å²) < 4.78 is 17.6. The van der Waals surface area contributed by atoms with Crippen LogP contribution in [0.4, 0.5) is 0 Å². The minimum atomic E-state index is -0.437. The molecule has 1 aliphatic carbocycles. The van der Waals surface area contributed by atoms with E-state index in [4.69, 9.17) is 14.2 Å². The minimum absolute atomic E-state index is 0.0610. The number of benzene rings is 2. The summed E-state index contributed by atoms with van der Waals surface area (Å²) in [5.74, 6) is 0.930. The molecule has 1 aliphatic heterocycles. The number of aliphatic hydroxyl groups is 2. The monoisotopic (exact) mass is 440 g/mol. The van der Waals surface area contributed by atoms with Crippen LogP contribution in [0.1, 0.15) is 66.9 Å². The van der Waals surface area contributed by atoms with E-state index in [9.17, 15) is 10.2 Å². The van der Waals surface area contributed by atoms with E-state index in [0.717, 1.165) is 43.4 Å². The Labute approximate surface area is 191 Å².